The summed E-state index contributed by atoms with van der Waals surface area (Å²) in [7, 11) is -18.9. The second-order valence-corrected chi connectivity index (χ2v) is 60.6. The first-order valence-corrected chi connectivity index (χ1v) is 44.4. The molecule has 0 amide bonds. The van der Waals surface area contributed by atoms with Gasteiger partial charge in [-0.2, -0.15) is 0 Å². The molecule has 49 heavy (non-hydrogen) atoms. The lowest BCUT2D eigenvalue weighted by molar-refractivity contribution is -0.141. The van der Waals surface area contributed by atoms with E-state index < -0.39 is 76.9 Å². The molecule has 2 rings (SSSR count). The van der Waals surface area contributed by atoms with Crippen LogP contribution in [0.15, 0.2) is 11.8 Å². The van der Waals surface area contributed by atoms with Crippen LogP contribution in [0.3, 0.4) is 0 Å². The molecule has 0 bridgehead atoms. The smallest absolute Gasteiger partial charge is 0.336 e. The standard InChI is InChI=1S/C32H74O9Si8/c1-18-29(37-30(33)28(2)27-36-43(3,4)5)42(48(25-21-19-23-34-48)31(38-44(6,7)8)39-45(9,10)11)49(26-22-20-24-35-49)32(40-46(12,13)14)41-47(15,16)17/h27,29,31-32,42H,18-26H2,1-17H3. The minimum atomic E-state index is -3.02. The fourth-order valence-corrected chi connectivity index (χ4v) is 56.7. The van der Waals surface area contributed by atoms with E-state index in [9.17, 15) is 4.79 Å². The first-order chi connectivity index (χ1) is 22.1. The van der Waals surface area contributed by atoms with Crippen molar-refractivity contribution in [3.8, 4) is 0 Å². The quantitative estimate of drug-likeness (QED) is 0.0443. The summed E-state index contributed by atoms with van der Waals surface area (Å²) in [5.41, 5.74) is 0.129. The van der Waals surface area contributed by atoms with E-state index in [1.54, 1.807) is 13.2 Å². The van der Waals surface area contributed by atoms with E-state index in [0.29, 0.717) is 25.2 Å². The first kappa shape index (κ1) is 45.7. The second-order valence-electron chi connectivity index (χ2n) is 19.0. The van der Waals surface area contributed by atoms with Crippen molar-refractivity contribution >= 4 is 71.1 Å². The minimum absolute atomic E-state index is 0.329. The molecular weight excluding hydrogens is 753 g/mol. The molecule has 2 aliphatic rings. The van der Waals surface area contributed by atoms with Crippen molar-refractivity contribution in [2.24, 2.45) is 0 Å². The van der Waals surface area contributed by atoms with Crippen molar-refractivity contribution < 1.29 is 40.5 Å². The van der Waals surface area contributed by atoms with Crippen LogP contribution in [0.1, 0.15) is 46.0 Å². The lowest BCUT2D eigenvalue weighted by Gasteiger charge is -2.57. The summed E-state index contributed by atoms with van der Waals surface area (Å²) in [6, 6.07) is 1.83. The maximum Gasteiger partial charge on any atom is 0.336 e. The third-order valence-electron chi connectivity index (χ3n) is 8.30. The monoisotopic (exact) mass is 826 g/mol. The molecule has 288 valence electrons. The zero-order valence-electron chi connectivity index (χ0n) is 34.4. The van der Waals surface area contributed by atoms with Gasteiger partial charge in [0.1, 0.15) is 19.7 Å². The average Bonchev–Trinajstić information content (AvgIpc) is 2.92. The number of hydrogen-bond donors (Lipinski definition) is 0. The Bertz CT molecular complexity index is 989. The molecule has 0 aliphatic carbocycles. The van der Waals surface area contributed by atoms with Crippen LogP contribution in [0, 0.1) is 0 Å². The van der Waals surface area contributed by atoms with E-state index >= 15 is 0 Å². The summed E-state index contributed by atoms with van der Waals surface area (Å²) in [4.78, 5) is 14.1. The Morgan fingerprint density at radius 3 is 1.29 bits per heavy atom. The summed E-state index contributed by atoms with van der Waals surface area (Å²) in [6.45, 7) is 38.6. The molecule has 2 aliphatic heterocycles. The zero-order chi connectivity index (χ0) is 37.7. The van der Waals surface area contributed by atoms with Crippen LogP contribution in [0.4, 0.5) is 0 Å². The highest BCUT2D eigenvalue weighted by molar-refractivity contribution is 7.59. The van der Waals surface area contributed by atoms with E-state index in [1.165, 1.54) is 0 Å². The fourth-order valence-electron chi connectivity index (χ4n) is 6.54. The van der Waals surface area contributed by atoms with Gasteiger partial charge in [0, 0.05) is 13.2 Å². The Morgan fingerprint density at radius 1 is 0.653 bits per heavy atom. The van der Waals surface area contributed by atoms with Crippen molar-refractivity contribution in [3.05, 3.63) is 11.8 Å². The summed E-state index contributed by atoms with van der Waals surface area (Å²) in [5, 5.41) is 0. The van der Waals surface area contributed by atoms with Crippen LogP contribution in [0.2, 0.25) is 110 Å². The number of rotatable bonds is 18. The SMILES string of the molecule is CCC(OC(=O)C(C)=CO[Si](C)(C)C)[SiH]([Si]1(C(O[Si](C)(C)C)O[Si](C)(C)C)CCCCO1)[Si]1(C(O[Si](C)(C)C)O[Si](C)(C)C)CCCCO1. The third-order valence-corrected chi connectivity index (χ3v) is 44.7. The van der Waals surface area contributed by atoms with Gasteiger partial charge in [-0.1, -0.05) is 19.8 Å². The van der Waals surface area contributed by atoms with Crippen LogP contribution in [0.25, 0.3) is 0 Å². The van der Waals surface area contributed by atoms with Crippen LogP contribution in [0.5, 0.6) is 0 Å². The number of carbonyl (C=O) groups excluding carboxylic acids is 1. The highest BCUT2D eigenvalue weighted by Crippen LogP contribution is 2.44. The van der Waals surface area contributed by atoms with Gasteiger partial charge in [-0.15, -0.1) is 0 Å². The van der Waals surface area contributed by atoms with Crippen LogP contribution in [-0.4, -0.2) is 102 Å². The predicted molar refractivity (Wildman–Crippen MR) is 222 cm³/mol. The van der Waals surface area contributed by atoms with E-state index in [1.807, 2.05) is 0 Å². The highest BCUT2D eigenvalue weighted by atomic mass is 29.6. The van der Waals surface area contributed by atoms with Gasteiger partial charge < -0.3 is 35.7 Å². The molecule has 9 nitrogen and oxygen atoms in total. The van der Waals surface area contributed by atoms with Gasteiger partial charge in [-0.05, 0) is 136 Å². The van der Waals surface area contributed by atoms with Crippen molar-refractivity contribution in [2.75, 3.05) is 13.2 Å². The summed E-state index contributed by atoms with van der Waals surface area (Å²) in [6.07, 6.45) is 6.38. The maximum absolute atomic E-state index is 14.1. The average molecular weight is 828 g/mol. The van der Waals surface area contributed by atoms with E-state index in [-0.39, 0.29) is 11.7 Å². The predicted octanol–water partition coefficient (Wildman–Crippen LogP) is 8.64. The van der Waals surface area contributed by atoms with Gasteiger partial charge in [-0.25, -0.2) is 4.79 Å². The summed E-state index contributed by atoms with van der Waals surface area (Å²) < 4.78 is 56.6. The summed E-state index contributed by atoms with van der Waals surface area (Å²) in [5.74, 6) is -1.22. The van der Waals surface area contributed by atoms with E-state index in [0.717, 1.165) is 37.8 Å². The number of hydrogen-bond acceptors (Lipinski definition) is 9. The van der Waals surface area contributed by atoms with Gasteiger partial charge in [-0.3, -0.25) is 0 Å². The lowest BCUT2D eigenvalue weighted by Crippen LogP contribution is -2.84. The Labute approximate surface area is 309 Å². The van der Waals surface area contributed by atoms with Gasteiger partial charge in [0.05, 0.1) is 17.6 Å². The molecule has 2 heterocycles. The minimum Gasteiger partial charge on any atom is -0.549 e. The fraction of sp³-hybridized carbons (Fsp3) is 0.906. The normalized spacial score (nSPS) is 25.0. The zero-order valence-corrected chi connectivity index (χ0v) is 42.6. The molecule has 17 heteroatoms. The maximum atomic E-state index is 14.1. The molecule has 0 spiro atoms. The van der Waals surface area contributed by atoms with Crippen molar-refractivity contribution in [2.45, 2.75) is 174 Å². The molecule has 0 radical (unpaired) electrons. The second kappa shape index (κ2) is 17.8. The molecule has 2 fully saturated rings. The van der Waals surface area contributed by atoms with Crippen LogP contribution < -0.4 is 0 Å². The Morgan fingerprint density at radius 2 is 1.02 bits per heavy atom. The third kappa shape index (κ3) is 14.7. The topological polar surface area (TPSA) is 90.9 Å². The van der Waals surface area contributed by atoms with Gasteiger partial charge in [0.25, 0.3) is 0 Å². The van der Waals surface area contributed by atoms with E-state index in [2.05, 4.69) is 105 Å². The molecular formula is C32H74O9Si8. The number of ether oxygens (including phenoxy) is 1. The lowest BCUT2D eigenvalue weighted by atomic mass is 10.3. The molecule has 0 aromatic heterocycles. The molecule has 0 aromatic rings. The molecule has 0 saturated carbocycles. The van der Waals surface area contributed by atoms with Crippen molar-refractivity contribution in [1.29, 1.82) is 0 Å². The van der Waals surface area contributed by atoms with Crippen molar-refractivity contribution in [1.82, 2.24) is 0 Å². The van der Waals surface area contributed by atoms with Gasteiger partial charge in [0.15, 0.2) is 33.3 Å². The molecule has 3 atom stereocenters. The Balaban J connectivity index is 3.03. The largest absolute Gasteiger partial charge is 0.549 e. The number of carbonyl (C=O) groups is 1. The molecule has 0 aromatic carbocycles. The Hall–Kier alpha value is 0.505. The molecule has 2 saturated heterocycles. The van der Waals surface area contributed by atoms with Crippen LogP contribution >= 0.6 is 0 Å². The van der Waals surface area contributed by atoms with Crippen LogP contribution in [-0.2, 0) is 40.5 Å². The Kier molecular flexibility index (Phi) is 16.6. The first-order valence-electron chi connectivity index (χ1n) is 18.7. The van der Waals surface area contributed by atoms with E-state index in [4.69, 9.17) is 35.7 Å². The van der Waals surface area contributed by atoms with Gasteiger partial charge >= 0.3 is 5.97 Å². The molecule has 3 unspecified atom stereocenters. The number of esters is 1. The van der Waals surface area contributed by atoms with Gasteiger partial charge in [0.2, 0.25) is 24.0 Å². The highest BCUT2D eigenvalue weighted by Gasteiger charge is 2.70. The van der Waals surface area contributed by atoms with Crippen molar-refractivity contribution in [3.63, 3.8) is 0 Å². The summed E-state index contributed by atoms with van der Waals surface area (Å²) >= 11 is 0. The molecule has 0 N–H and O–H groups in total.